The first kappa shape index (κ1) is 12.9. The van der Waals surface area contributed by atoms with Crippen LogP contribution in [-0.2, 0) is 0 Å². The molecule has 1 aliphatic heterocycles. The summed E-state index contributed by atoms with van der Waals surface area (Å²) in [6, 6.07) is 0. The van der Waals surface area contributed by atoms with E-state index in [0.717, 1.165) is 6.54 Å². The zero-order valence-corrected chi connectivity index (χ0v) is 10.6. The molecular weight excluding hydrogens is 186 g/mol. The Labute approximate surface area is 94.6 Å². The van der Waals surface area contributed by atoms with Crippen molar-refractivity contribution in [3.05, 3.63) is 0 Å². The van der Waals surface area contributed by atoms with Crippen molar-refractivity contribution < 1.29 is 0 Å². The molecule has 1 fully saturated rings. The third-order valence-corrected chi connectivity index (χ3v) is 3.81. The van der Waals surface area contributed by atoms with Gasteiger partial charge in [-0.15, -0.1) is 0 Å². The number of nitrogens with zero attached hydrogens (tertiary/aromatic N) is 2. The highest BCUT2D eigenvalue weighted by molar-refractivity contribution is 4.89. The van der Waals surface area contributed by atoms with E-state index >= 15 is 0 Å². The zero-order valence-electron chi connectivity index (χ0n) is 10.6. The second-order valence-electron chi connectivity index (χ2n) is 4.87. The summed E-state index contributed by atoms with van der Waals surface area (Å²) in [7, 11) is 0. The van der Waals surface area contributed by atoms with E-state index in [4.69, 9.17) is 5.73 Å². The first-order chi connectivity index (χ1) is 7.16. The lowest BCUT2D eigenvalue weighted by atomic mass is 9.93. The van der Waals surface area contributed by atoms with Crippen LogP contribution in [0.4, 0.5) is 0 Å². The molecular formula is C12H27N3. The van der Waals surface area contributed by atoms with Gasteiger partial charge in [0.25, 0.3) is 0 Å². The molecule has 0 aromatic carbocycles. The average Bonchev–Trinajstić information content (AvgIpc) is 2.29. The van der Waals surface area contributed by atoms with Crippen LogP contribution in [0, 0.1) is 0 Å². The fourth-order valence-electron chi connectivity index (χ4n) is 2.53. The Kier molecular flexibility index (Phi) is 5.03. The van der Waals surface area contributed by atoms with Gasteiger partial charge < -0.3 is 10.6 Å². The maximum atomic E-state index is 5.94. The van der Waals surface area contributed by atoms with Crippen LogP contribution in [0.25, 0.3) is 0 Å². The molecule has 0 aromatic rings. The van der Waals surface area contributed by atoms with E-state index in [1.165, 1.54) is 45.6 Å². The monoisotopic (exact) mass is 213 g/mol. The Balaban J connectivity index is 2.49. The molecule has 0 aliphatic carbocycles. The van der Waals surface area contributed by atoms with E-state index in [1.807, 2.05) is 0 Å². The van der Waals surface area contributed by atoms with Crippen LogP contribution in [0.3, 0.4) is 0 Å². The summed E-state index contributed by atoms with van der Waals surface area (Å²) in [6.45, 7) is 13.5. The third kappa shape index (κ3) is 3.16. The Hall–Kier alpha value is -0.120. The van der Waals surface area contributed by atoms with Crippen molar-refractivity contribution in [3.8, 4) is 0 Å². The van der Waals surface area contributed by atoms with Crippen molar-refractivity contribution in [2.24, 2.45) is 5.73 Å². The molecule has 3 heteroatoms. The quantitative estimate of drug-likeness (QED) is 0.743. The van der Waals surface area contributed by atoms with Crippen LogP contribution in [0.1, 0.15) is 33.6 Å². The fourth-order valence-corrected chi connectivity index (χ4v) is 2.53. The minimum absolute atomic E-state index is 0.231. The van der Waals surface area contributed by atoms with Crippen molar-refractivity contribution >= 4 is 0 Å². The molecule has 1 aliphatic rings. The summed E-state index contributed by atoms with van der Waals surface area (Å²) in [4.78, 5) is 5.10. The van der Waals surface area contributed by atoms with Gasteiger partial charge in [-0.05, 0) is 19.9 Å². The molecule has 0 bridgehead atoms. The fraction of sp³-hybridized carbons (Fsp3) is 1.00. The summed E-state index contributed by atoms with van der Waals surface area (Å²) in [5, 5.41) is 0. The van der Waals surface area contributed by atoms with Crippen LogP contribution in [0.2, 0.25) is 0 Å². The molecule has 0 aromatic heterocycles. The van der Waals surface area contributed by atoms with Crippen molar-refractivity contribution in [2.45, 2.75) is 39.2 Å². The van der Waals surface area contributed by atoms with Gasteiger partial charge in [-0.2, -0.15) is 0 Å². The summed E-state index contributed by atoms with van der Waals surface area (Å²) in [6.07, 6.45) is 2.44. The number of likely N-dealkylation sites (N-methyl/N-ethyl adjacent to an activating group) is 1. The van der Waals surface area contributed by atoms with Gasteiger partial charge in [0.15, 0.2) is 0 Å². The van der Waals surface area contributed by atoms with E-state index in [0.29, 0.717) is 0 Å². The zero-order chi connectivity index (χ0) is 11.3. The Morgan fingerprint density at radius 2 is 1.73 bits per heavy atom. The lowest BCUT2D eigenvalue weighted by molar-refractivity contribution is 0.0429. The normalized spacial score (nSPS) is 24.0. The third-order valence-electron chi connectivity index (χ3n) is 3.81. The van der Waals surface area contributed by atoms with Gasteiger partial charge in [0, 0.05) is 38.3 Å². The smallest absolute Gasteiger partial charge is 0.0304 e. The summed E-state index contributed by atoms with van der Waals surface area (Å²) in [5.41, 5.74) is 6.17. The molecule has 1 saturated heterocycles. The highest BCUT2D eigenvalue weighted by Gasteiger charge is 2.31. The van der Waals surface area contributed by atoms with Crippen molar-refractivity contribution in [3.63, 3.8) is 0 Å². The summed E-state index contributed by atoms with van der Waals surface area (Å²) in [5.74, 6) is 0. The van der Waals surface area contributed by atoms with Crippen LogP contribution < -0.4 is 5.73 Å². The molecule has 15 heavy (non-hydrogen) atoms. The summed E-state index contributed by atoms with van der Waals surface area (Å²) >= 11 is 0. The lowest BCUT2D eigenvalue weighted by Gasteiger charge is -2.45. The predicted octanol–water partition coefficient (Wildman–Crippen LogP) is 1.14. The minimum Gasteiger partial charge on any atom is -0.329 e. The number of hydrogen-bond acceptors (Lipinski definition) is 3. The molecule has 0 saturated carbocycles. The maximum absolute atomic E-state index is 5.94. The topological polar surface area (TPSA) is 32.5 Å². The van der Waals surface area contributed by atoms with Crippen LogP contribution in [0.15, 0.2) is 0 Å². The molecule has 2 N–H and O–H groups in total. The van der Waals surface area contributed by atoms with Gasteiger partial charge in [0.1, 0.15) is 0 Å². The Morgan fingerprint density at radius 3 is 2.13 bits per heavy atom. The van der Waals surface area contributed by atoms with Gasteiger partial charge in [0.2, 0.25) is 0 Å². The number of rotatable bonds is 5. The second-order valence-corrected chi connectivity index (χ2v) is 4.87. The van der Waals surface area contributed by atoms with E-state index in [9.17, 15) is 0 Å². The van der Waals surface area contributed by atoms with E-state index < -0.39 is 0 Å². The van der Waals surface area contributed by atoms with Gasteiger partial charge in [0.05, 0.1) is 0 Å². The van der Waals surface area contributed by atoms with Gasteiger partial charge in [-0.3, -0.25) is 4.90 Å². The molecule has 1 rings (SSSR count). The van der Waals surface area contributed by atoms with Crippen molar-refractivity contribution in [1.82, 2.24) is 9.80 Å². The van der Waals surface area contributed by atoms with E-state index in [2.05, 4.69) is 30.6 Å². The highest BCUT2D eigenvalue weighted by Crippen LogP contribution is 2.21. The maximum Gasteiger partial charge on any atom is 0.0304 e. The molecule has 1 heterocycles. The minimum atomic E-state index is 0.231. The lowest BCUT2D eigenvalue weighted by Crippen LogP contribution is -2.58. The first-order valence-corrected chi connectivity index (χ1v) is 6.33. The SMILES string of the molecule is CCCC(C)(CN)N1CCN(CC)CC1. The number of hydrogen-bond donors (Lipinski definition) is 1. The molecule has 90 valence electrons. The molecule has 0 amide bonds. The molecule has 0 radical (unpaired) electrons. The second kappa shape index (κ2) is 5.83. The van der Waals surface area contributed by atoms with Crippen LogP contribution >= 0.6 is 0 Å². The van der Waals surface area contributed by atoms with Crippen molar-refractivity contribution in [1.29, 1.82) is 0 Å². The number of piperazine rings is 1. The predicted molar refractivity (Wildman–Crippen MR) is 66.1 cm³/mol. The van der Waals surface area contributed by atoms with Crippen LogP contribution in [-0.4, -0.2) is 54.6 Å². The van der Waals surface area contributed by atoms with Crippen molar-refractivity contribution in [2.75, 3.05) is 39.3 Å². The first-order valence-electron chi connectivity index (χ1n) is 6.33. The van der Waals surface area contributed by atoms with Gasteiger partial charge in [-0.25, -0.2) is 0 Å². The average molecular weight is 213 g/mol. The number of nitrogens with two attached hydrogens (primary N) is 1. The molecule has 3 nitrogen and oxygen atoms in total. The highest BCUT2D eigenvalue weighted by atomic mass is 15.3. The molecule has 1 unspecified atom stereocenters. The summed E-state index contributed by atoms with van der Waals surface area (Å²) < 4.78 is 0. The van der Waals surface area contributed by atoms with Crippen LogP contribution in [0.5, 0.6) is 0 Å². The van der Waals surface area contributed by atoms with Gasteiger partial charge >= 0.3 is 0 Å². The van der Waals surface area contributed by atoms with Gasteiger partial charge in [-0.1, -0.05) is 20.3 Å². The standard InChI is InChI=1S/C12H27N3/c1-4-6-12(3,11-13)15-9-7-14(5-2)8-10-15/h4-11,13H2,1-3H3. The molecule has 0 spiro atoms. The largest absolute Gasteiger partial charge is 0.329 e. The van der Waals surface area contributed by atoms with E-state index in [-0.39, 0.29) is 5.54 Å². The van der Waals surface area contributed by atoms with E-state index in [1.54, 1.807) is 0 Å². The Morgan fingerprint density at radius 1 is 1.13 bits per heavy atom. The Bertz CT molecular complexity index is 176. The molecule has 1 atom stereocenters.